The van der Waals surface area contributed by atoms with E-state index in [0.29, 0.717) is 12.1 Å². The first-order chi connectivity index (χ1) is 12.2. The van der Waals surface area contributed by atoms with Gasteiger partial charge in [0.2, 0.25) is 0 Å². The van der Waals surface area contributed by atoms with Gasteiger partial charge >= 0.3 is 0 Å². The summed E-state index contributed by atoms with van der Waals surface area (Å²) in [5.41, 5.74) is 2.57. The molecule has 1 amide bonds. The maximum atomic E-state index is 12.9. The Morgan fingerprint density at radius 2 is 1.72 bits per heavy atom. The third-order valence-electron chi connectivity index (χ3n) is 4.52. The molecule has 2 aromatic carbocycles. The van der Waals surface area contributed by atoms with Gasteiger partial charge in [-0.2, -0.15) is 0 Å². The van der Waals surface area contributed by atoms with Crippen LogP contribution >= 0.6 is 0 Å². The number of methoxy groups -OCH3 is 2. The van der Waals surface area contributed by atoms with Gasteiger partial charge in [0, 0.05) is 17.5 Å². The van der Waals surface area contributed by atoms with Gasteiger partial charge in [-0.3, -0.25) is 9.69 Å². The van der Waals surface area contributed by atoms with Gasteiger partial charge in [-0.25, -0.2) is 4.98 Å². The summed E-state index contributed by atoms with van der Waals surface area (Å²) < 4.78 is 10.4. The van der Waals surface area contributed by atoms with Crippen molar-refractivity contribution >= 4 is 22.6 Å². The first-order valence-corrected chi connectivity index (χ1v) is 8.13. The van der Waals surface area contributed by atoms with Crippen molar-refractivity contribution in [3.8, 4) is 11.5 Å². The summed E-state index contributed by atoms with van der Waals surface area (Å²) in [5, 5.41) is 1.02. The fourth-order valence-electron chi connectivity index (χ4n) is 3.16. The minimum atomic E-state index is -0.0400. The number of hydrogen-bond donors (Lipinski definition) is 0. The monoisotopic (exact) mass is 334 g/mol. The third kappa shape index (κ3) is 2.67. The Kier molecular flexibility index (Phi) is 3.76. The van der Waals surface area contributed by atoms with Crippen LogP contribution in [-0.2, 0) is 6.42 Å². The number of hydrogen-bond acceptors (Lipinski definition) is 4. The number of amides is 1. The summed E-state index contributed by atoms with van der Waals surface area (Å²) in [4.78, 5) is 19.3. The summed E-state index contributed by atoms with van der Waals surface area (Å²) >= 11 is 0. The lowest BCUT2D eigenvalue weighted by atomic mass is 10.1. The molecule has 5 heteroatoms. The lowest BCUT2D eigenvalue weighted by molar-refractivity contribution is 0.0988. The molecule has 1 aliphatic heterocycles. The predicted octanol–water partition coefficient (Wildman–Crippen LogP) is 3.45. The van der Waals surface area contributed by atoms with Crippen LogP contribution in [-0.4, -0.2) is 31.7 Å². The van der Waals surface area contributed by atoms with Crippen LogP contribution < -0.4 is 14.4 Å². The van der Waals surface area contributed by atoms with E-state index in [1.54, 1.807) is 43.4 Å². The maximum absolute atomic E-state index is 12.9. The summed E-state index contributed by atoms with van der Waals surface area (Å²) in [5.74, 6) is 2.25. The van der Waals surface area contributed by atoms with E-state index in [2.05, 4.69) is 6.07 Å². The molecular formula is C20H18N2O3. The molecule has 0 N–H and O–H groups in total. The largest absolute Gasteiger partial charge is 0.497 e. The Morgan fingerprint density at radius 1 is 1.00 bits per heavy atom. The van der Waals surface area contributed by atoms with Gasteiger partial charge in [-0.1, -0.05) is 0 Å². The molecule has 1 aromatic heterocycles. The quantitative estimate of drug-likeness (QED) is 0.736. The molecule has 3 aromatic rings. The van der Waals surface area contributed by atoms with Crippen LogP contribution in [0.3, 0.4) is 0 Å². The van der Waals surface area contributed by atoms with Crippen molar-refractivity contribution in [2.24, 2.45) is 0 Å². The highest BCUT2D eigenvalue weighted by Crippen LogP contribution is 2.32. The van der Waals surface area contributed by atoms with Crippen molar-refractivity contribution in [3.63, 3.8) is 0 Å². The summed E-state index contributed by atoms with van der Waals surface area (Å²) in [7, 11) is 3.26. The van der Waals surface area contributed by atoms with Crippen molar-refractivity contribution in [1.82, 2.24) is 4.98 Å². The standard InChI is InChI=1S/C20H18N2O3/c1-24-16-5-3-13(4-6-16)20(23)22-10-9-14-11-15-12-17(25-2)7-8-18(15)21-19(14)22/h3-8,11-12H,9-10H2,1-2H3. The van der Waals surface area contributed by atoms with Crippen LogP contribution in [0.5, 0.6) is 11.5 Å². The molecule has 0 fully saturated rings. The highest BCUT2D eigenvalue weighted by Gasteiger charge is 2.27. The van der Waals surface area contributed by atoms with Gasteiger partial charge in [-0.05, 0) is 60.5 Å². The SMILES string of the molecule is COc1ccc(C(=O)N2CCc3cc4cc(OC)ccc4nc32)cc1. The molecule has 0 atom stereocenters. The van der Waals surface area contributed by atoms with E-state index >= 15 is 0 Å². The first kappa shape index (κ1) is 15.4. The van der Waals surface area contributed by atoms with Crippen molar-refractivity contribution in [2.45, 2.75) is 6.42 Å². The molecule has 2 heterocycles. The van der Waals surface area contributed by atoms with E-state index < -0.39 is 0 Å². The summed E-state index contributed by atoms with van der Waals surface area (Å²) in [6, 6.07) is 15.0. The predicted molar refractivity (Wildman–Crippen MR) is 96.7 cm³/mol. The highest BCUT2D eigenvalue weighted by molar-refractivity contribution is 6.07. The smallest absolute Gasteiger partial charge is 0.259 e. The second kappa shape index (κ2) is 6.09. The van der Waals surface area contributed by atoms with Crippen LogP contribution in [0.1, 0.15) is 15.9 Å². The molecule has 0 spiro atoms. The van der Waals surface area contributed by atoms with E-state index in [-0.39, 0.29) is 5.91 Å². The summed E-state index contributed by atoms with van der Waals surface area (Å²) in [6.07, 6.45) is 0.803. The molecule has 0 unspecified atom stereocenters. The Hall–Kier alpha value is -3.08. The molecule has 0 bridgehead atoms. The average molecular weight is 334 g/mol. The lowest BCUT2D eigenvalue weighted by Gasteiger charge is -2.17. The zero-order valence-corrected chi connectivity index (χ0v) is 14.2. The number of fused-ring (bicyclic) bond motifs is 2. The minimum absolute atomic E-state index is 0.0400. The topological polar surface area (TPSA) is 51.7 Å². The van der Waals surface area contributed by atoms with Crippen molar-refractivity contribution in [3.05, 3.63) is 59.7 Å². The van der Waals surface area contributed by atoms with Gasteiger partial charge in [-0.15, -0.1) is 0 Å². The Morgan fingerprint density at radius 3 is 2.44 bits per heavy atom. The number of carbonyl (C=O) groups is 1. The van der Waals surface area contributed by atoms with Gasteiger partial charge in [0.25, 0.3) is 5.91 Å². The molecular weight excluding hydrogens is 316 g/mol. The third-order valence-corrected chi connectivity index (χ3v) is 4.52. The minimum Gasteiger partial charge on any atom is -0.497 e. The van der Waals surface area contributed by atoms with E-state index in [0.717, 1.165) is 40.2 Å². The fourth-order valence-corrected chi connectivity index (χ4v) is 3.16. The van der Waals surface area contributed by atoms with Crippen LogP contribution in [0.2, 0.25) is 0 Å². The zero-order chi connectivity index (χ0) is 17.4. The maximum Gasteiger partial charge on any atom is 0.259 e. The number of rotatable bonds is 3. The second-order valence-corrected chi connectivity index (χ2v) is 5.97. The molecule has 5 nitrogen and oxygen atoms in total. The molecule has 126 valence electrons. The van der Waals surface area contributed by atoms with Gasteiger partial charge in [0.1, 0.15) is 17.3 Å². The molecule has 0 radical (unpaired) electrons. The van der Waals surface area contributed by atoms with Gasteiger partial charge in [0.15, 0.2) is 0 Å². The van der Waals surface area contributed by atoms with Crippen molar-refractivity contribution in [1.29, 1.82) is 0 Å². The normalized spacial score (nSPS) is 13.0. The van der Waals surface area contributed by atoms with Crippen molar-refractivity contribution in [2.75, 3.05) is 25.7 Å². The molecule has 0 saturated heterocycles. The first-order valence-electron chi connectivity index (χ1n) is 8.13. The second-order valence-electron chi connectivity index (χ2n) is 5.97. The summed E-state index contributed by atoms with van der Waals surface area (Å²) in [6.45, 7) is 0.640. The molecule has 4 rings (SSSR count). The number of anilines is 1. The van der Waals surface area contributed by atoms with Crippen LogP contribution in [0.25, 0.3) is 10.9 Å². The van der Waals surface area contributed by atoms with E-state index in [1.165, 1.54) is 0 Å². The Balaban J connectivity index is 1.70. The number of aromatic nitrogens is 1. The van der Waals surface area contributed by atoms with Gasteiger partial charge < -0.3 is 9.47 Å². The number of benzene rings is 2. The van der Waals surface area contributed by atoms with Crippen LogP contribution in [0.15, 0.2) is 48.5 Å². The molecule has 1 aliphatic rings. The number of pyridine rings is 1. The molecule has 0 aliphatic carbocycles. The van der Waals surface area contributed by atoms with E-state index in [4.69, 9.17) is 14.5 Å². The number of nitrogens with zero attached hydrogens (tertiary/aromatic N) is 2. The lowest BCUT2D eigenvalue weighted by Crippen LogP contribution is -2.29. The number of ether oxygens (including phenoxy) is 2. The zero-order valence-electron chi connectivity index (χ0n) is 14.2. The van der Waals surface area contributed by atoms with E-state index in [9.17, 15) is 4.79 Å². The van der Waals surface area contributed by atoms with E-state index in [1.807, 2.05) is 18.2 Å². The Labute approximate surface area is 145 Å². The fraction of sp³-hybridized carbons (Fsp3) is 0.200. The van der Waals surface area contributed by atoms with Crippen LogP contribution in [0.4, 0.5) is 5.82 Å². The van der Waals surface area contributed by atoms with Crippen LogP contribution in [0, 0.1) is 0 Å². The van der Waals surface area contributed by atoms with Crippen molar-refractivity contribution < 1.29 is 14.3 Å². The van der Waals surface area contributed by atoms with Gasteiger partial charge in [0.05, 0.1) is 19.7 Å². The Bertz CT molecular complexity index is 951. The number of carbonyl (C=O) groups excluding carboxylic acids is 1. The molecule has 25 heavy (non-hydrogen) atoms. The molecule has 0 saturated carbocycles. The average Bonchev–Trinajstić information content (AvgIpc) is 3.07. The highest BCUT2D eigenvalue weighted by atomic mass is 16.5.